The van der Waals surface area contributed by atoms with Crippen LogP contribution in [0.4, 0.5) is 13.2 Å². The largest absolute Gasteiger partial charge is 0.416 e. The SMILES string of the molecule is CC(=O)c1cc(Cc2ccccc2C(F)(F)F)on1. The van der Waals surface area contributed by atoms with Gasteiger partial charge in [-0.25, -0.2) is 0 Å². The highest BCUT2D eigenvalue weighted by molar-refractivity contribution is 5.91. The van der Waals surface area contributed by atoms with Gasteiger partial charge in [0.05, 0.1) is 5.56 Å². The van der Waals surface area contributed by atoms with Crippen LogP contribution < -0.4 is 0 Å². The first-order chi connectivity index (χ1) is 8.88. The molecule has 0 spiro atoms. The number of alkyl halides is 3. The molecule has 0 saturated carbocycles. The minimum atomic E-state index is -4.42. The third kappa shape index (κ3) is 3.01. The van der Waals surface area contributed by atoms with Gasteiger partial charge >= 0.3 is 6.18 Å². The Kier molecular flexibility index (Phi) is 3.42. The first-order valence-corrected chi connectivity index (χ1v) is 5.49. The molecule has 0 radical (unpaired) electrons. The Balaban J connectivity index is 2.30. The number of hydrogen-bond acceptors (Lipinski definition) is 3. The average Bonchev–Trinajstić information content (AvgIpc) is 2.77. The van der Waals surface area contributed by atoms with Crippen molar-refractivity contribution in [2.75, 3.05) is 0 Å². The number of hydrogen-bond donors (Lipinski definition) is 0. The smallest absolute Gasteiger partial charge is 0.360 e. The van der Waals surface area contributed by atoms with Crippen LogP contribution in [-0.4, -0.2) is 10.9 Å². The molecule has 1 heterocycles. The summed E-state index contributed by atoms with van der Waals surface area (Å²) < 4.78 is 43.2. The molecule has 0 bridgehead atoms. The normalized spacial score (nSPS) is 11.6. The van der Waals surface area contributed by atoms with Gasteiger partial charge in [-0.2, -0.15) is 13.2 Å². The van der Waals surface area contributed by atoms with Gasteiger partial charge in [-0.15, -0.1) is 0 Å². The van der Waals surface area contributed by atoms with Crippen LogP contribution in [0.2, 0.25) is 0 Å². The van der Waals surface area contributed by atoms with Crippen LogP contribution in [0.5, 0.6) is 0 Å². The van der Waals surface area contributed by atoms with Gasteiger partial charge in [0.25, 0.3) is 0 Å². The minimum Gasteiger partial charge on any atom is -0.360 e. The minimum absolute atomic E-state index is 0.0596. The number of Topliss-reactive ketones (excluding diaryl/α,β-unsaturated/α-hetero) is 1. The number of benzene rings is 1. The van der Waals surface area contributed by atoms with Crippen molar-refractivity contribution < 1.29 is 22.5 Å². The zero-order valence-corrected chi connectivity index (χ0v) is 9.99. The molecule has 0 aliphatic carbocycles. The molecule has 6 heteroatoms. The van der Waals surface area contributed by atoms with Crippen molar-refractivity contribution in [3.63, 3.8) is 0 Å². The third-order valence-corrected chi connectivity index (χ3v) is 2.61. The van der Waals surface area contributed by atoms with E-state index >= 15 is 0 Å². The molecule has 0 saturated heterocycles. The van der Waals surface area contributed by atoms with Crippen molar-refractivity contribution in [2.45, 2.75) is 19.5 Å². The second-order valence-corrected chi connectivity index (χ2v) is 4.07. The number of carbonyl (C=O) groups is 1. The van der Waals surface area contributed by atoms with Crippen LogP contribution in [0.3, 0.4) is 0 Å². The summed E-state index contributed by atoms with van der Waals surface area (Å²) in [7, 11) is 0. The maximum absolute atomic E-state index is 12.8. The highest BCUT2D eigenvalue weighted by Crippen LogP contribution is 2.32. The van der Waals surface area contributed by atoms with Crippen molar-refractivity contribution in [2.24, 2.45) is 0 Å². The first kappa shape index (κ1) is 13.3. The fourth-order valence-electron chi connectivity index (χ4n) is 1.70. The summed E-state index contributed by atoms with van der Waals surface area (Å²) >= 11 is 0. The summed E-state index contributed by atoms with van der Waals surface area (Å²) in [5.74, 6) is -0.0685. The summed E-state index contributed by atoms with van der Waals surface area (Å²) in [6.07, 6.45) is -4.48. The third-order valence-electron chi connectivity index (χ3n) is 2.61. The van der Waals surface area contributed by atoms with E-state index in [1.807, 2.05) is 0 Å². The highest BCUT2D eigenvalue weighted by atomic mass is 19.4. The maximum Gasteiger partial charge on any atom is 0.416 e. The van der Waals surface area contributed by atoms with E-state index in [2.05, 4.69) is 5.16 Å². The van der Waals surface area contributed by atoms with Crippen LogP contribution in [0, 0.1) is 0 Å². The van der Waals surface area contributed by atoms with Crippen LogP contribution in [-0.2, 0) is 12.6 Å². The van der Waals surface area contributed by atoms with Gasteiger partial charge in [0.1, 0.15) is 11.5 Å². The van der Waals surface area contributed by atoms with E-state index in [-0.39, 0.29) is 29.2 Å². The molecule has 100 valence electrons. The van der Waals surface area contributed by atoms with Gasteiger partial charge < -0.3 is 4.52 Å². The monoisotopic (exact) mass is 269 g/mol. The van der Waals surface area contributed by atoms with E-state index in [0.717, 1.165) is 6.07 Å². The van der Waals surface area contributed by atoms with Gasteiger partial charge in [-0.1, -0.05) is 23.4 Å². The van der Waals surface area contributed by atoms with E-state index in [9.17, 15) is 18.0 Å². The second kappa shape index (κ2) is 4.87. The van der Waals surface area contributed by atoms with Crippen molar-refractivity contribution in [1.29, 1.82) is 0 Å². The zero-order chi connectivity index (χ0) is 14.0. The molecule has 0 unspecified atom stereocenters. The number of halogens is 3. The van der Waals surface area contributed by atoms with Gasteiger partial charge in [0.15, 0.2) is 5.78 Å². The Morgan fingerprint density at radius 3 is 2.58 bits per heavy atom. The Hall–Kier alpha value is -2.11. The molecule has 0 N–H and O–H groups in total. The fraction of sp³-hybridized carbons (Fsp3) is 0.231. The molecule has 2 rings (SSSR count). The Labute approximate surface area is 107 Å². The number of nitrogens with zero attached hydrogens (tertiary/aromatic N) is 1. The topological polar surface area (TPSA) is 43.1 Å². The summed E-state index contributed by atoms with van der Waals surface area (Å²) in [5, 5.41) is 3.50. The standard InChI is InChI=1S/C13H10F3NO2/c1-8(18)12-7-10(19-17-12)6-9-4-2-3-5-11(9)13(14,15)16/h2-5,7H,6H2,1H3. The van der Waals surface area contributed by atoms with Gasteiger partial charge in [-0.3, -0.25) is 4.79 Å². The predicted octanol–water partition coefficient (Wildman–Crippen LogP) is 3.49. The van der Waals surface area contributed by atoms with E-state index in [0.29, 0.717) is 0 Å². The molecule has 0 aliphatic rings. The summed E-state index contributed by atoms with van der Waals surface area (Å²) in [6, 6.07) is 6.59. The predicted molar refractivity (Wildman–Crippen MR) is 60.8 cm³/mol. The number of carbonyl (C=O) groups excluding carboxylic acids is 1. The lowest BCUT2D eigenvalue weighted by atomic mass is 10.0. The Morgan fingerprint density at radius 1 is 1.32 bits per heavy atom. The zero-order valence-electron chi connectivity index (χ0n) is 9.99. The van der Waals surface area contributed by atoms with Crippen molar-refractivity contribution in [1.82, 2.24) is 5.16 Å². The van der Waals surface area contributed by atoms with Crippen molar-refractivity contribution >= 4 is 5.78 Å². The van der Waals surface area contributed by atoms with E-state index in [1.165, 1.54) is 31.2 Å². The second-order valence-electron chi connectivity index (χ2n) is 4.07. The van der Waals surface area contributed by atoms with Gasteiger partial charge in [0, 0.05) is 19.4 Å². The average molecular weight is 269 g/mol. The van der Waals surface area contributed by atoms with E-state index in [4.69, 9.17) is 4.52 Å². The lowest BCUT2D eigenvalue weighted by Gasteiger charge is -2.11. The van der Waals surface area contributed by atoms with E-state index < -0.39 is 11.7 Å². The molecule has 0 fully saturated rings. The molecular formula is C13H10F3NO2. The van der Waals surface area contributed by atoms with E-state index in [1.54, 1.807) is 0 Å². The number of aromatic nitrogens is 1. The quantitative estimate of drug-likeness (QED) is 0.801. The molecule has 0 amide bonds. The van der Waals surface area contributed by atoms with Crippen LogP contribution in [0.15, 0.2) is 34.9 Å². The maximum atomic E-state index is 12.8. The lowest BCUT2D eigenvalue weighted by Crippen LogP contribution is -2.09. The fourth-order valence-corrected chi connectivity index (χ4v) is 1.70. The highest BCUT2D eigenvalue weighted by Gasteiger charge is 2.33. The van der Waals surface area contributed by atoms with Gasteiger partial charge in [-0.05, 0) is 11.6 Å². The summed E-state index contributed by atoms with van der Waals surface area (Å²) in [6.45, 7) is 1.31. The molecular weight excluding hydrogens is 259 g/mol. The van der Waals surface area contributed by atoms with Crippen LogP contribution in [0.1, 0.15) is 34.3 Å². The number of ketones is 1. The van der Waals surface area contributed by atoms with Gasteiger partial charge in [0.2, 0.25) is 0 Å². The molecule has 1 aromatic heterocycles. The molecule has 1 aromatic carbocycles. The summed E-state index contributed by atoms with van der Waals surface area (Å²) in [4.78, 5) is 11.0. The molecule has 19 heavy (non-hydrogen) atoms. The first-order valence-electron chi connectivity index (χ1n) is 5.49. The van der Waals surface area contributed by atoms with Crippen LogP contribution in [0.25, 0.3) is 0 Å². The molecule has 3 nitrogen and oxygen atoms in total. The Morgan fingerprint density at radius 2 is 2.00 bits per heavy atom. The lowest BCUT2D eigenvalue weighted by molar-refractivity contribution is -0.138. The number of rotatable bonds is 3. The summed E-state index contributed by atoms with van der Waals surface area (Å²) in [5.41, 5.74) is -0.517. The Bertz CT molecular complexity index is 602. The molecule has 0 aliphatic heterocycles. The van der Waals surface area contributed by atoms with Crippen LogP contribution >= 0.6 is 0 Å². The van der Waals surface area contributed by atoms with Crippen molar-refractivity contribution in [3.05, 3.63) is 52.9 Å². The molecule has 0 atom stereocenters. The molecule has 2 aromatic rings. The van der Waals surface area contributed by atoms with Crippen molar-refractivity contribution in [3.8, 4) is 0 Å².